The molecule has 0 amide bonds. The second-order valence-electron chi connectivity index (χ2n) is 4.24. The van der Waals surface area contributed by atoms with Crippen molar-refractivity contribution in [2.24, 2.45) is 0 Å². The van der Waals surface area contributed by atoms with Gasteiger partial charge in [-0.15, -0.1) is 0 Å². The summed E-state index contributed by atoms with van der Waals surface area (Å²) in [6.45, 7) is 0. The van der Waals surface area contributed by atoms with Crippen molar-refractivity contribution in [1.29, 1.82) is 0 Å². The normalized spacial score (nSPS) is 12.5. The summed E-state index contributed by atoms with van der Waals surface area (Å²) in [5, 5.41) is -0.558. The Bertz CT molecular complexity index is 657. The number of hydrogen-bond donors (Lipinski definition) is 0. The average Bonchev–Trinajstić information content (AvgIpc) is 2.36. The van der Waals surface area contributed by atoms with Crippen LogP contribution in [0.1, 0.15) is 11.1 Å². The highest BCUT2D eigenvalue weighted by atomic mass is 35.5. The van der Waals surface area contributed by atoms with Crippen LogP contribution in [-0.2, 0) is 12.4 Å². The SMILES string of the molecule is FC(F)(F)c1cccc(-c2cccc(Cl)c2C(F)(F)F)c1. The third kappa shape index (κ3) is 3.32. The predicted molar refractivity (Wildman–Crippen MR) is 66.9 cm³/mol. The maximum atomic E-state index is 13.0. The fraction of sp³-hybridized carbons (Fsp3) is 0.143. The van der Waals surface area contributed by atoms with E-state index in [0.29, 0.717) is 6.07 Å². The van der Waals surface area contributed by atoms with Gasteiger partial charge in [-0.3, -0.25) is 0 Å². The Morgan fingerprint density at radius 1 is 0.762 bits per heavy atom. The fourth-order valence-electron chi connectivity index (χ4n) is 1.92. The molecule has 0 aromatic heterocycles. The largest absolute Gasteiger partial charge is 0.418 e. The Morgan fingerprint density at radius 2 is 1.38 bits per heavy atom. The van der Waals surface area contributed by atoms with E-state index in [1.807, 2.05) is 0 Å². The zero-order valence-corrected chi connectivity index (χ0v) is 10.9. The molecule has 2 rings (SSSR count). The lowest BCUT2D eigenvalue weighted by molar-refractivity contribution is -0.137. The van der Waals surface area contributed by atoms with Crippen LogP contribution in [0.25, 0.3) is 11.1 Å². The van der Waals surface area contributed by atoms with Crippen LogP contribution in [0.3, 0.4) is 0 Å². The Kier molecular flexibility index (Phi) is 3.93. The summed E-state index contributed by atoms with van der Waals surface area (Å²) in [4.78, 5) is 0. The van der Waals surface area contributed by atoms with Crippen molar-refractivity contribution in [3.05, 3.63) is 58.6 Å². The molecule has 0 fully saturated rings. The van der Waals surface area contributed by atoms with Crippen LogP contribution < -0.4 is 0 Å². The molecule has 0 atom stereocenters. The monoisotopic (exact) mass is 324 g/mol. The Hall–Kier alpha value is -1.69. The minimum Gasteiger partial charge on any atom is -0.166 e. The minimum atomic E-state index is -4.76. The molecule has 0 saturated carbocycles. The molecule has 0 radical (unpaired) electrons. The van der Waals surface area contributed by atoms with Gasteiger partial charge in [0.1, 0.15) is 0 Å². The maximum Gasteiger partial charge on any atom is 0.418 e. The third-order valence-corrected chi connectivity index (χ3v) is 3.11. The van der Waals surface area contributed by atoms with E-state index >= 15 is 0 Å². The van der Waals surface area contributed by atoms with Gasteiger partial charge in [0.15, 0.2) is 0 Å². The molecule has 0 bridgehead atoms. The van der Waals surface area contributed by atoms with Crippen LogP contribution in [0, 0.1) is 0 Å². The molecule has 0 heterocycles. The van der Waals surface area contributed by atoms with E-state index < -0.39 is 28.5 Å². The summed E-state index contributed by atoms with van der Waals surface area (Å²) in [6.07, 6.45) is -9.39. The molecule has 0 aliphatic carbocycles. The summed E-state index contributed by atoms with van der Waals surface area (Å²) >= 11 is 5.55. The smallest absolute Gasteiger partial charge is 0.166 e. The lowest BCUT2D eigenvalue weighted by Crippen LogP contribution is -2.09. The standard InChI is InChI=1S/C14H7ClF6/c15-11-6-2-5-10(12(11)14(19,20)21)8-3-1-4-9(7-8)13(16,17)18/h1-7H. The molecule has 2 aromatic carbocycles. The average molecular weight is 325 g/mol. The van der Waals surface area contributed by atoms with Crippen molar-refractivity contribution in [3.63, 3.8) is 0 Å². The van der Waals surface area contributed by atoms with Crippen molar-refractivity contribution >= 4 is 11.6 Å². The van der Waals surface area contributed by atoms with Gasteiger partial charge in [0, 0.05) is 0 Å². The van der Waals surface area contributed by atoms with Crippen LogP contribution in [-0.4, -0.2) is 0 Å². The molecule has 112 valence electrons. The van der Waals surface area contributed by atoms with E-state index in [1.54, 1.807) is 0 Å². The molecular weight excluding hydrogens is 318 g/mol. The van der Waals surface area contributed by atoms with Crippen LogP contribution in [0.5, 0.6) is 0 Å². The van der Waals surface area contributed by atoms with Gasteiger partial charge < -0.3 is 0 Å². The molecule has 21 heavy (non-hydrogen) atoms. The molecule has 0 N–H and O–H groups in total. The first-order valence-corrected chi connectivity index (χ1v) is 6.02. The molecule has 0 nitrogen and oxygen atoms in total. The number of benzene rings is 2. The number of hydrogen-bond acceptors (Lipinski definition) is 0. The Morgan fingerprint density at radius 3 is 1.95 bits per heavy atom. The molecule has 7 heteroatoms. The van der Waals surface area contributed by atoms with Crippen molar-refractivity contribution in [2.75, 3.05) is 0 Å². The van der Waals surface area contributed by atoms with E-state index in [9.17, 15) is 26.3 Å². The molecule has 0 unspecified atom stereocenters. The topological polar surface area (TPSA) is 0 Å². The van der Waals surface area contributed by atoms with Crippen molar-refractivity contribution < 1.29 is 26.3 Å². The van der Waals surface area contributed by atoms with Gasteiger partial charge in [0.05, 0.1) is 16.1 Å². The zero-order chi connectivity index (χ0) is 15.8. The summed E-state index contributed by atoms with van der Waals surface area (Å²) in [6, 6.07) is 7.08. The highest BCUT2D eigenvalue weighted by Crippen LogP contribution is 2.42. The second-order valence-corrected chi connectivity index (χ2v) is 4.65. The van der Waals surface area contributed by atoms with Crippen LogP contribution in [0.15, 0.2) is 42.5 Å². The van der Waals surface area contributed by atoms with Gasteiger partial charge in [-0.1, -0.05) is 35.9 Å². The van der Waals surface area contributed by atoms with E-state index in [0.717, 1.165) is 24.3 Å². The quantitative estimate of drug-likeness (QED) is 0.561. The minimum absolute atomic E-state index is 0.195. The van der Waals surface area contributed by atoms with Gasteiger partial charge in [-0.2, -0.15) is 26.3 Å². The predicted octanol–water partition coefficient (Wildman–Crippen LogP) is 6.04. The lowest BCUT2D eigenvalue weighted by atomic mass is 9.97. The van der Waals surface area contributed by atoms with E-state index in [-0.39, 0.29) is 11.1 Å². The van der Waals surface area contributed by atoms with E-state index in [2.05, 4.69) is 0 Å². The first-order valence-electron chi connectivity index (χ1n) is 5.64. The van der Waals surface area contributed by atoms with E-state index in [4.69, 9.17) is 11.6 Å². The molecule has 0 saturated heterocycles. The van der Waals surface area contributed by atoms with Crippen LogP contribution in [0.4, 0.5) is 26.3 Å². The zero-order valence-electron chi connectivity index (χ0n) is 10.2. The first kappa shape index (κ1) is 15.7. The maximum absolute atomic E-state index is 13.0. The Labute approximate surface area is 121 Å². The summed E-state index contributed by atoms with van der Waals surface area (Å²) in [7, 11) is 0. The summed E-state index contributed by atoms with van der Waals surface area (Å²) in [5.41, 5.74) is -2.75. The van der Waals surface area contributed by atoms with Crippen molar-refractivity contribution in [2.45, 2.75) is 12.4 Å². The fourth-order valence-corrected chi connectivity index (χ4v) is 2.20. The summed E-state index contributed by atoms with van der Waals surface area (Å²) in [5.74, 6) is 0. The van der Waals surface area contributed by atoms with Crippen LogP contribution in [0.2, 0.25) is 5.02 Å². The molecule has 0 spiro atoms. The molecular formula is C14H7ClF6. The van der Waals surface area contributed by atoms with Crippen molar-refractivity contribution in [3.8, 4) is 11.1 Å². The third-order valence-electron chi connectivity index (χ3n) is 2.80. The van der Waals surface area contributed by atoms with E-state index in [1.165, 1.54) is 12.1 Å². The summed E-state index contributed by atoms with van der Waals surface area (Å²) < 4.78 is 77.0. The van der Waals surface area contributed by atoms with Gasteiger partial charge in [-0.05, 0) is 29.3 Å². The lowest BCUT2D eigenvalue weighted by Gasteiger charge is -2.15. The van der Waals surface area contributed by atoms with Crippen LogP contribution >= 0.6 is 11.6 Å². The molecule has 0 aliphatic rings. The first-order chi connectivity index (χ1) is 9.60. The van der Waals surface area contributed by atoms with Gasteiger partial charge in [0.25, 0.3) is 0 Å². The highest BCUT2D eigenvalue weighted by Gasteiger charge is 2.37. The second kappa shape index (κ2) is 5.26. The highest BCUT2D eigenvalue weighted by molar-refractivity contribution is 6.31. The van der Waals surface area contributed by atoms with Gasteiger partial charge in [-0.25, -0.2) is 0 Å². The molecule has 0 aliphatic heterocycles. The van der Waals surface area contributed by atoms with Crippen molar-refractivity contribution in [1.82, 2.24) is 0 Å². The number of halogens is 7. The molecule has 2 aromatic rings. The van der Waals surface area contributed by atoms with Gasteiger partial charge >= 0.3 is 12.4 Å². The Balaban J connectivity index is 2.66. The number of rotatable bonds is 1. The number of alkyl halides is 6. The van der Waals surface area contributed by atoms with Gasteiger partial charge in [0.2, 0.25) is 0 Å².